The van der Waals surface area contributed by atoms with Crippen molar-refractivity contribution in [3.8, 4) is 0 Å². The third-order valence-electron chi connectivity index (χ3n) is 4.76. The van der Waals surface area contributed by atoms with E-state index in [2.05, 4.69) is 0 Å². The second-order valence-electron chi connectivity index (χ2n) is 6.77. The molecular weight excluding hydrogens is 342 g/mol. The van der Waals surface area contributed by atoms with Gasteiger partial charge in [0.1, 0.15) is 5.76 Å². The first-order valence-electron chi connectivity index (χ1n) is 8.85. The second kappa shape index (κ2) is 7.76. The van der Waals surface area contributed by atoms with Crippen LogP contribution in [0, 0.1) is 13.8 Å². The van der Waals surface area contributed by atoms with Crippen molar-refractivity contribution in [1.29, 1.82) is 0 Å². The Labute approximate surface area is 158 Å². The van der Waals surface area contributed by atoms with Gasteiger partial charge in [-0.1, -0.05) is 59.7 Å². The molecule has 0 spiro atoms. The van der Waals surface area contributed by atoms with Crippen molar-refractivity contribution >= 4 is 17.4 Å². The predicted octanol–water partition coefficient (Wildman–Crippen LogP) is 3.37. The van der Waals surface area contributed by atoms with E-state index >= 15 is 0 Å². The van der Waals surface area contributed by atoms with Crippen molar-refractivity contribution in [2.24, 2.45) is 0 Å². The van der Waals surface area contributed by atoms with E-state index in [0.29, 0.717) is 12.2 Å². The number of ketones is 1. The molecular formula is C22H23NO4. The lowest BCUT2D eigenvalue weighted by Crippen LogP contribution is -2.32. The molecule has 1 saturated heterocycles. The molecule has 140 valence electrons. The third kappa shape index (κ3) is 3.64. The number of carbonyl (C=O) groups is 2. The molecule has 3 rings (SSSR count). The lowest BCUT2D eigenvalue weighted by Gasteiger charge is -2.25. The van der Waals surface area contributed by atoms with Gasteiger partial charge in [-0.15, -0.1) is 0 Å². The van der Waals surface area contributed by atoms with Gasteiger partial charge in [-0.05, 0) is 19.4 Å². The Morgan fingerprint density at radius 2 is 1.78 bits per heavy atom. The standard InChI is InChI=1S/C22H23NO4/c1-14-7-9-16(10-8-14)20(24)18-19(17-6-4-5-15(2)13-17)23(11-12-27-3)22(26)21(18)25/h4-10,13,19,24H,11-12H2,1-3H3/b20-18-. The summed E-state index contributed by atoms with van der Waals surface area (Å²) in [6.45, 7) is 4.47. The molecule has 1 aliphatic heterocycles. The van der Waals surface area contributed by atoms with Crippen LogP contribution in [0.15, 0.2) is 54.1 Å². The number of Topliss-reactive ketones (excluding diaryl/α,β-unsaturated/α-hetero) is 1. The fraction of sp³-hybridized carbons (Fsp3) is 0.273. The maximum atomic E-state index is 12.8. The molecule has 1 amide bonds. The van der Waals surface area contributed by atoms with Crippen molar-refractivity contribution in [2.75, 3.05) is 20.3 Å². The van der Waals surface area contributed by atoms with Gasteiger partial charge in [0.05, 0.1) is 18.2 Å². The number of benzene rings is 2. The van der Waals surface area contributed by atoms with Crippen LogP contribution in [-0.2, 0) is 14.3 Å². The van der Waals surface area contributed by atoms with Crippen LogP contribution < -0.4 is 0 Å². The second-order valence-corrected chi connectivity index (χ2v) is 6.77. The van der Waals surface area contributed by atoms with Crippen LogP contribution in [0.1, 0.15) is 28.3 Å². The number of amides is 1. The fourth-order valence-corrected chi connectivity index (χ4v) is 3.35. The van der Waals surface area contributed by atoms with Crippen molar-refractivity contribution in [3.63, 3.8) is 0 Å². The summed E-state index contributed by atoms with van der Waals surface area (Å²) in [5.41, 5.74) is 3.48. The van der Waals surface area contributed by atoms with Crippen molar-refractivity contribution in [1.82, 2.24) is 4.90 Å². The van der Waals surface area contributed by atoms with Crippen molar-refractivity contribution in [3.05, 3.63) is 76.4 Å². The maximum Gasteiger partial charge on any atom is 0.295 e. The lowest BCUT2D eigenvalue weighted by molar-refractivity contribution is -0.140. The minimum atomic E-state index is -0.671. The molecule has 5 heteroatoms. The van der Waals surface area contributed by atoms with Gasteiger partial charge in [0.2, 0.25) is 0 Å². The van der Waals surface area contributed by atoms with Crippen molar-refractivity contribution < 1.29 is 19.4 Å². The largest absolute Gasteiger partial charge is 0.507 e. The summed E-state index contributed by atoms with van der Waals surface area (Å²) in [5, 5.41) is 10.9. The van der Waals surface area contributed by atoms with Gasteiger partial charge in [-0.2, -0.15) is 0 Å². The average Bonchev–Trinajstić information content (AvgIpc) is 2.91. The van der Waals surface area contributed by atoms with E-state index in [1.165, 1.54) is 4.90 Å². The summed E-state index contributed by atoms with van der Waals surface area (Å²) in [6.07, 6.45) is 0. The summed E-state index contributed by atoms with van der Waals surface area (Å²) in [6, 6.07) is 14.2. The van der Waals surface area contributed by atoms with Crippen LogP contribution in [0.25, 0.3) is 5.76 Å². The van der Waals surface area contributed by atoms with E-state index in [0.717, 1.165) is 16.7 Å². The summed E-state index contributed by atoms with van der Waals surface area (Å²) >= 11 is 0. The Kier molecular flexibility index (Phi) is 5.42. The smallest absolute Gasteiger partial charge is 0.295 e. The third-order valence-corrected chi connectivity index (χ3v) is 4.76. The first kappa shape index (κ1) is 18.9. The number of methoxy groups -OCH3 is 1. The zero-order valence-electron chi connectivity index (χ0n) is 15.7. The number of aliphatic hydroxyl groups excluding tert-OH is 1. The van der Waals surface area contributed by atoms with Gasteiger partial charge < -0.3 is 14.7 Å². The lowest BCUT2D eigenvalue weighted by atomic mass is 9.94. The zero-order valence-corrected chi connectivity index (χ0v) is 15.7. The Morgan fingerprint density at radius 3 is 2.41 bits per heavy atom. The van der Waals surface area contributed by atoms with E-state index in [4.69, 9.17) is 4.74 Å². The molecule has 0 radical (unpaired) electrons. The zero-order chi connectivity index (χ0) is 19.6. The van der Waals surface area contributed by atoms with Gasteiger partial charge in [-0.3, -0.25) is 9.59 Å². The first-order valence-corrected chi connectivity index (χ1v) is 8.85. The van der Waals surface area contributed by atoms with Crippen LogP contribution >= 0.6 is 0 Å². The number of ether oxygens (including phenoxy) is 1. The Bertz CT molecular complexity index is 899. The molecule has 1 atom stereocenters. The SMILES string of the molecule is COCCN1C(=O)C(=O)/C(=C(\O)c2ccc(C)cc2)C1c1cccc(C)c1. The normalized spacial score (nSPS) is 18.9. The summed E-state index contributed by atoms with van der Waals surface area (Å²) in [7, 11) is 1.55. The molecule has 5 nitrogen and oxygen atoms in total. The van der Waals surface area contributed by atoms with E-state index in [1.54, 1.807) is 19.2 Å². The molecule has 0 saturated carbocycles. The minimum Gasteiger partial charge on any atom is -0.507 e. The van der Waals surface area contributed by atoms with Crippen LogP contribution in [0.4, 0.5) is 0 Å². The summed E-state index contributed by atoms with van der Waals surface area (Å²) in [5.74, 6) is -1.44. The molecule has 1 heterocycles. The highest BCUT2D eigenvalue weighted by atomic mass is 16.5. The highest BCUT2D eigenvalue weighted by Gasteiger charge is 2.45. The maximum absolute atomic E-state index is 12.8. The predicted molar refractivity (Wildman–Crippen MR) is 103 cm³/mol. The number of likely N-dealkylation sites (tertiary alicyclic amines) is 1. The fourth-order valence-electron chi connectivity index (χ4n) is 3.35. The van der Waals surface area contributed by atoms with Crippen LogP contribution in [0.3, 0.4) is 0 Å². The summed E-state index contributed by atoms with van der Waals surface area (Å²) in [4.78, 5) is 26.9. The number of aryl methyl sites for hydroxylation is 2. The molecule has 1 fully saturated rings. The number of aliphatic hydroxyl groups is 1. The molecule has 0 aromatic heterocycles. The quantitative estimate of drug-likeness (QED) is 0.501. The number of nitrogens with zero attached hydrogens (tertiary/aromatic N) is 1. The first-order chi connectivity index (χ1) is 12.9. The molecule has 2 aromatic rings. The molecule has 2 aromatic carbocycles. The summed E-state index contributed by atoms with van der Waals surface area (Å²) < 4.78 is 5.11. The Morgan fingerprint density at radius 1 is 1.07 bits per heavy atom. The molecule has 27 heavy (non-hydrogen) atoms. The Hall–Kier alpha value is -2.92. The molecule has 1 N–H and O–H groups in total. The van der Waals surface area contributed by atoms with Gasteiger partial charge in [-0.25, -0.2) is 0 Å². The van der Waals surface area contributed by atoms with E-state index in [9.17, 15) is 14.7 Å². The molecule has 1 unspecified atom stereocenters. The topological polar surface area (TPSA) is 66.8 Å². The van der Waals surface area contributed by atoms with Gasteiger partial charge in [0.25, 0.3) is 11.7 Å². The number of hydrogen-bond donors (Lipinski definition) is 1. The molecule has 0 bridgehead atoms. The van der Waals surface area contributed by atoms with Gasteiger partial charge in [0, 0.05) is 19.2 Å². The molecule has 1 aliphatic rings. The average molecular weight is 365 g/mol. The van der Waals surface area contributed by atoms with Crippen LogP contribution in [-0.4, -0.2) is 42.0 Å². The number of rotatable bonds is 5. The highest BCUT2D eigenvalue weighted by molar-refractivity contribution is 6.46. The minimum absolute atomic E-state index is 0.116. The highest BCUT2D eigenvalue weighted by Crippen LogP contribution is 2.39. The van der Waals surface area contributed by atoms with Crippen LogP contribution in [0.5, 0.6) is 0 Å². The van der Waals surface area contributed by atoms with Gasteiger partial charge >= 0.3 is 0 Å². The monoisotopic (exact) mass is 365 g/mol. The van der Waals surface area contributed by atoms with Crippen molar-refractivity contribution in [2.45, 2.75) is 19.9 Å². The molecule has 0 aliphatic carbocycles. The van der Waals surface area contributed by atoms with Gasteiger partial charge in [0.15, 0.2) is 0 Å². The Balaban J connectivity index is 2.16. The van der Waals surface area contributed by atoms with E-state index in [1.807, 2.05) is 50.2 Å². The van der Waals surface area contributed by atoms with Crippen LogP contribution in [0.2, 0.25) is 0 Å². The van der Waals surface area contributed by atoms with E-state index < -0.39 is 17.7 Å². The number of carbonyl (C=O) groups excluding carboxylic acids is 2. The number of hydrogen-bond acceptors (Lipinski definition) is 4. The van der Waals surface area contributed by atoms with E-state index in [-0.39, 0.29) is 17.9 Å².